The second-order valence-electron chi connectivity index (χ2n) is 4.17. The highest BCUT2D eigenvalue weighted by Crippen LogP contribution is 2.07. The molecule has 0 bridgehead atoms. The minimum absolute atomic E-state index is 0.585. The molecular formula is C11H18N4. The Hall–Kier alpha value is -1.00. The van der Waals surface area contributed by atoms with Crippen LogP contribution < -0.4 is 5.32 Å². The number of hydrogen-bond donors (Lipinski definition) is 1. The van der Waals surface area contributed by atoms with Crippen molar-refractivity contribution in [2.45, 2.75) is 26.4 Å². The lowest BCUT2D eigenvalue weighted by atomic mass is 10.2. The molecule has 1 N–H and O–H groups in total. The number of aromatic nitrogens is 2. The Morgan fingerprint density at radius 2 is 2.33 bits per heavy atom. The third-order valence-electron chi connectivity index (χ3n) is 2.84. The standard InChI is InChI=1S/C11H18N4/c1-9-5-14-11(7-13-9)8-15-4-3-12-6-10(15)2/h5,7,10,12H,3-4,6,8H2,1-2H3. The Morgan fingerprint density at radius 3 is 3.00 bits per heavy atom. The quantitative estimate of drug-likeness (QED) is 0.768. The highest BCUT2D eigenvalue weighted by Gasteiger charge is 2.17. The summed E-state index contributed by atoms with van der Waals surface area (Å²) in [5, 5.41) is 3.38. The lowest BCUT2D eigenvalue weighted by Crippen LogP contribution is -2.49. The van der Waals surface area contributed by atoms with Crippen LogP contribution in [0.3, 0.4) is 0 Å². The van der Waals surface area contributed by atoms with E-state index >= 15 is 0 Å². The number of nitrogens with one attached hydrogen (secondary N) is 1. The van der Waals surface area contributed by atoms with Crippen LogP contribution in [0.25, 0.3) is 0 Å². The van der Waals surface area contributed by atoms with Crippen LogP contribution in [0.15, 0.2) is 12.4 Å². The van der Waals surface area contributed by atoms with E-state index < -0.39 is 0 Å². The molecule has 4 heteroatoms. The minimum atomic E-state index is 0.585. The van der Waals surface area contributed by atoms with Gasteiger partial charge in [-0.1, -0.05) is 0 Å². The van der Waals surface area contributed by atoms with E-state index in [1.807, 2.05) is 19.3 Å². The molecule has 4 nitrogen and oxygen atoms in total. The van der Waals surface area contributed by atoms with E-state index in [0.717, 1.165) is 37.6 Å². The smallest absolute Gasteiger partial charge is 0.0727 e. The summed E-state index contributed by atoms with van der Waals surface area (Å²) in [6.07, 6.45) is 3.71. The maximum Gasteiger partial charge on any atom is 0.0727 e. The van der Waals surface area contributed by atoms with Gasteiger partial charge in [0, 0.05) is 44.6 Å². The Bertz CT molecular complexity index is 309. The maximum atomic E-state index is 4.38. The summed E-state index contributed by atoms with van der Waals surface area (Å²) in [6, 6.07) is 0.585. The average molecular weight is 206 g/mol. The average Bonchev–Trinajstić information content (AvgIpc) is 2.25. The van der Waals surface area contributed by atoms with Gasteiger partial charge in [-0.3, -0.25) is 14.9 Å². The first-order chi connectivity index (χ1) is 7.25. The molecule has 1 atom stereocenters. The van der Waals surface area contributed by atoms with E-state index in [9.17, 15) is 0 Å². The molecule has 1 aliphatic rings. The Balaban J connectivity index is 1.98. The summed E-state index contributed by atoms with van der Waals surface area (Å²) in [7, 11) is 0. The van der Waals surface area contributed by atoms with Crippen molar-refractivity contribution in [1.82, 2.24) is 20.2 Å². The van der Waals surface area contributed by atoms with E-state index in [4.69, 9.17) is 0 Å². The summed E-state index contributed by atoms with van der Waals surface area (Å²) >= 11 is 0. The zero-order chi connectivity index (χ0) is 10.7. The van der Waals surface area contributed by atoms with Crippen LogP contribution in [0, 0.1) is 6.92 Å². The van der Waals surface area contributed by atoms with Gasteiger partial charge < -0.3 is 5.32 Å². The molecule has 0 aliphatic carbocycles. The highest BCUT2D eigenvalue weighted by molar-refractivity contribution is 5.01. The fraction of sp³-hybridized carbons (Fsp3) is 0.636. The van der Waals surface area contributed by atoms with E-state index in [-0.39, 0.29) is 0 Å². The summed E-state index contributed by atoms with van der Waals surface area (Å²) in [5.41, 5.74) is 2.04. The third kappa shape index (κ3) is 2.73. The highest BCUT2D eigenvalue weighted by atomic mass is 15.2. The van der Waals surface area contributed by atoms with Crippen molar-refractivity contribution in [1.29, 1.82) is 0 Å². The monoisotopic (exact) mass is 206 g/mol. The van der Waals surface area contributed by atoms with Crippen molar-refractivity contribution < 1.29 is 0 Å². The molecule has 15 heavy (non-hydrogen) atoms. The molecule has 82 valence electrons. The first-order valence-electron chi connectivity index (χ1n) is 5.48. The van der Waals surface area contributed by atoms with Gasteiger partial charge in [0.15, 0.2) is 0 Å². The molecule has 0 saturated carbocycles. The first kappa shape index (κ1) is 10.5. The molecule has 1 fully saturated rings. The Kier molecular flexibility index (Phi) is 3.28. The van der Waals surface area contributed by atoms with E-state index in [1.54, 1.807) is 0 Å². The van der Waals surface area contributed by atoms with Gasteiger partial charge >= 0.3 is 0 Å². The molecule has 0 aromatic carbocycles. The largest absolute Gasteiger partial charge is 0.314 e. The molecule has 1 aromatic rings. The Labute approximate surface area is 90.7 Å². The van der Waals surface area contributed by atoms with Crippen LogP contribution in [0.5, 0.6) is 0 Å². The number of piperazine rings is 1. The van der Waals surface area contributed by atoms with Crippen LogP contribution in [-0.4, -0.2) is 40.5 Å². The normalized spacial score (nSPS) is 22.9. The molecule has 2 rings (SSSR count). The van der Waals surface area contributed by atoms with Gasteiger partial charge in [0.2, 0.25) is 0 Å². The molecule has 0 radical (unpaired) electrons. The molecule has 0 spiro atoms. The molecule has 2 heterocycles. The van der Waals surface area contributed by atoms with Crippen molar-refractivity contribution >= 4 is 0 Å². The van der Waals surface area contributed by atoms with E-state index in [2.05, 4.69) is 27.1 Å². The van der Waals surface area contributed by atoms with E-state index in [0.29, 0.717) is 6.04 Å². The lowest BCUT2D eigenvalue weighted by Gasteiger charge is -2.33. The van der Waals surface area contributed by atoms with Crippen LogP contribution in [0.2, 0.25) is 0 Å². The predicted octanol–water partition coefficient (Wildman–Crippen LogP) is 0.579. The van der Waals surface area contributed by atoms with Crippen molar-refractivity contribution in [3.8, 4) is 0 Å². The number of hydrogen-bond acceptors (Lipinski definition) is 4. The van der Waals surface area contributed by atoms with Gasteiger partial charge in [0.1, 0.15) is 0 Å². The molecule has 0 amide bonds. The molecular weight excluding hydrogens is 188 g/mol. The van der Waals surface area contributed by atoms with Gasteiger partial charge in [-0.25, -0.2) is 0 Å². The van der Waals surface area contributed by atoms with Gasteiger partial charge in [-0.2, -0.15) is 0 Å². The number of aryl methyl sites for hydroxylation is 1. The van der Waals surface area contributed by atoms with Crippen LogP contribution in [-0.2, 0) is 6.54 Å². The van der Waals surface area contributed by atoms with Gasteiger partial charge in [0.25, 0.3) is 0 Å². The van der Waals surface area contributed by atoms with Crippen LogP contribution in [0.1, 0.15) is 18.3 Å². The van der Waals surface area contributed by atoms with E-state index in [1.165, 1.54) is 0 Å². The molecule has 1 saturated heterocycles. The van der Waals surface area contributed by atoms with Crippen molar-refractivity contribution in [2.75, 3.05) is 19.6 Å². The Morgan fingerprint density at radius 1 is 1.47 bits per heavy atom. The molecule has 1 unspecified atom stereocenters. The molecule has 1 aliphatic heterocycles. The van der Waals surface area contributed by atoms with Crippen LogP contribution >= 0.6 is 0 Å². The number of rotatable bonds is 2. The SMILES string of the molecule is Cc1cnc(CN2CCNCC2C)cn1. The van der Waals surface area contributed by atoms with Gasteiger partial charge in [-0.05, 0) is 13.8 Å². The second-order valence-corrected chi connectivity index (χ2v) is 4.17. The second kappa shape index (κ2) is 4.68. The van der Waals surface area contributed by atoms with Gasteiger partial charge in [0.05, 0.1) is 11.4 Å². The third-order valence-corrected chi connectivity index (χ3v) is 2.84. The van der Waals surface area contributed by atoms with Crippen molar-refractivity contribution in [2.24, 2.45) is 0 Å². The number of nitrogens with zero attached hydrogens (tertiary/aromatic N) is 3. The topological polar surface area (TPSA) is 41.1 Å². The maximum absolute atomic E-state index is 4.38. The summed E-state index contributed by atoms with van der Waals surface area (Å²) in [5.74, 6) is 0. The summed E-state index contributed by atoms with van der Waals surface area (Å²) < 4.78 is 0. The summed E-state index contributed by atoms with van der Waals surface area (Å²) in [6.45, 7) is 8.35. The minimum Gasteiger partial charge on any atom is -0.314 e. The van der Waals surface area contributed by atoms with Gasteiger partial charge in [-0.15, -0.1) is 0 Å². The molecule has 1 aromatic heterocycles. The van der Waals surface area contributed by atoms with Crippen molar-refractivity contribution in [3.63, 3.8) is 0 Å². The first-order valence-corrected chi connectivity index (χ1v) is 5.48. The fourth-order valence-corrected chi connectivity index (χ4v) is 1.83. The van der Waals surface area contributed by atoms with Crippen molar-refractivity contribution in [3.05, 3.63) is 23.8 Å². The zero-order valence-electron chi connectivity index (χ0n) is 9.40. The predicted molar refractivity (Wildman–Crippen MR) is 59.5 cm³/mol. The zero-order valence-corrected chi connectivity index (χ0v) is 9.40. The lowest BCUT2D eigenvalue weighted by molar-refractivity contribution is 0.163. The van der Waals surface area contributed by atoms with Crippen LogP contribution in [0.4, 0.5) is 0 Å². The fourth-order valence-electron chi connectivity index (χ4n) is 1.83. The summed E-state index contributed by atoms with van der Waals surface area (Å²) in [4.78, 5) is 11.1.